The van der Waals surface area contributed by atoms with Crippen LogP contribution < -0.4 is 0 Å². The number of hydrogen-bond acceptors (Lipinski definition) is 6. The molecule has 0 bridgehead atoms. The molecule has 5 nitrogen and oxygen atoms in total. The van der Waals surface area contributed by atoms with Crippen LogP contribution in [0.3, 0.4) is 0 Å². The molecule has 124 valence electrons. The van der Waals surface area contributed by atoms with Crippen molar-refractivity contribution in [3.05, 3.63) is 77.6 Å². The molecule has 4 rings (SSSR count). The van der Waals surface area contributed by atoms with Crippen molar-refractivity contribution in [2.24, 2.45) is 0 Å². The fourth-order valence-electron chi connectivity index (χ4n) is 2.63. The zero-order valence-electron chi connectivity index (χ0n) is 13.7. The molecule has 2 heterocycles. The van der Waals surface area contributed by atoms with Crippen LogP contribution in [0, 0.1) is 6.92 Å². The molecule has 0 aliphatic carbocycles. The van der Waals surface area contributed by atoms with Gasteiger partial charge >= 0.3 is 0 Å². The summed E-state index contributed by atoms with van der Waals surface area (Å²) in [4.78, 5) is 0. The summed E-state index contributed by atoms with van der Waals surface area (Å²) < 4.78 is 5.79. The Morgan fingerprint density at radius 2 is 1.72 bits per heavy atom. The van der Waals surface area contributed by atoms with E-state index in [0.717, 1.165) is 15.8 Å². The SMILES string of the molecule is Cc1ccccc1Cc1nnc(CSc2nncc3ccccc23)o1. The van der Waals surface area contributed by atoms with Gasteiger partial charge in [0.1, 0.15) is 5.03 Å². The number of nitrogens with zero attached hydrogens (tertiary/aromatic N) is 4. The quantitative estimate of drug-likeness (QED) is 0.504. The average Bonchev–Trinajstić information content (AvgIpc) is 3.09. The van der Waals surface area contributed by atoms with Crippen LogP contribution in [0.4, 0.5) is 0 Å². The van der Waals surface area contributed by atoms with Gasteiger partial charge in [0, 0.05) is 10.8 Å². The summed E-state index contributed by atoms with van der Waals surface area (Å²) in [5, 5.41) is 19.6. The van der Waals surface area contributed by atoms with E-state index in [1.165, 1.54) is 11.1 Å². The lowest BCUT2D eigenvalue weighted by Crippen LogP contribution is -1.91. The zero-order valence-corrected chi connectivity index (χ0v) is 14.5. The second kappa shape index (κ2) is 7.03. The molecule has 0 N–H and O–H groups in total. The predicted molar refractivity (Wildman–Crippen MR) is 97.4 cm³/mol. The fraction of sp³-hybridized carbons (Fsp3) is 0.158. The van der Waals surface area contributed by atoms with Crippen molar-refractivity contribution in [3.8, 4) is 0 Å². The molecule has 0 aliphatic heterocycles. The highest BCUT2D eigenvalue weighted by Gasteiger charge is 2.11. The van der Waals surface area contributed by atoms with Crippen LogP contribution in [0.25, 0.3) is 10.8 Å². The Morgan fingerprint density at radius 3 is 2.64 bits per heavy atom. The minimum absolute atomic E-state index is 0.573. The zero-order chi connectivity index (χ0) is 17.1. The average molecular weight is 348 g/mol. The molecule has 2 aromatic heterocycles. The molecule has 0 unspecified atom stereocenters. The molecule has 0 aliphatic rings. The van der Waals surface area contributed by atoms with Crippen LogP contribution >= 0.6 is 11.8 Å². The summed E-state index contributed by atoms with van der Waals surface area (Å²) >= 11 is 1.56. The molecular formula is C19H16N4OS. The van der Waals surface area contributed by atoms with Crippen molar-refractivity contribution in [1.29, 1.82) is 0 Å². The van der Waals surface area contributed by atoms with Crippen LogP contribution in [0.5, 0.6) is 0 Å². The highest BCUT2D eigenvalue weighted by Crippen LogP contribution is 2.27. The number of aromatic nitrogens is 4. The van der Waals surface area contributed by atoms with Gasteiger partial charge < -0.3 is 4.42 Å². The lowest BCUT2D eigenvalue weighted by atomic mass is 10.1. The summed E-state index contributed by atoms with van der Waals surface area (Å²) in [5.41, 5.74) is 2.42. The van der Waals surface area contributed by atoms with Crippen molar-refractivity contribution in [1.82, 2.24) is 20.4 Å². The first-order chi connectivity index (χ1) is 12.3. The third-order valence-corrected chi connectivity index (χ3v) is 4.95. The van der Waals surface area contributed by atoms with Gasteiger partial charge in [0.2, 0.25) is 11.8 Å². The molecule has 0 saturated heterocycles. The molecule has 6 heteroatoms. The van der Waals surface area contributed by atoms with Gasteiger partial charge in [-0.15, -0.1) is 15.3 Å². The Balaban J connectivity index is 1.47. The summed E-state index contributed by atoms with van der Waals surface area (Å²) in [5.74, 6) is 1.81. The van der Waals surface area contributed by atoms with Crippen molar-refractivity contribution in [2.45, 2.75) is 24.1 Å². The third kappa shape index (κ3) is 3.53. The summed E-state index contributed by atoms with van der Waals surface area (Å²) in [6.45, 7) is 2.08. The number of hydrogen-bond donors (Lipinski definition) is 0. The Labute approximate surface area is 149 Å². The van der Waals surface area contributed by atoms with Gasteiger partial charge in [-0.3, -0.25) is 0 Å². The van der Waals surface area contributed by atoms with E-state index in [1.54, 1.807) is 18.0 Å². The lowest BCUT2D eigenvalue weighted by Gasteiger charge is -2.02. The number of rotatable bonds is 5. The van der Waals surface area contributed by atoms with Crippen LogP contribution in [-0.4, -0.2) is 20.4 Å². The van der Waals surface area contributed by atoms with Gasteiger partial charge in [-0.25, -0.2) is 0 Å². The molecule has 0 spiro atoms. The van der Waals surface area contributed by atoms with Gasteiger partial charge in [-0.05, 0) is 18.1 Å². The largest absolute Gasteiger partial charge is 0.424 e. The van der Waals surface area contributed by atoms with Crippen LogP contribution in [0.2, 0.25) is 0 Å². The van der Waals surface area contributed by atoms with E-state index in [0.29, 0.717) is 24.0 Å². The standard InChI is InChI=1S/C19H16N4OS/c1-13-6-2-3-7-14(13)10-17-21-22-18(24-17)12-25-19-16-9-5-4-8-15(16)11-20-23-19/h2-9,11H,10,12H2,1H3. The highest BCUT2D eigenvalue weighted by molar-refractivity contribution is 7.98. The van der Waals surface area contributed by atoms with Gasteiger partial charge in [0.05, 0.1) is 18.4 Å². The van der Waals surface area contributed by atoms with E-state index in [-0.39, 0.29) is 0 Å². The fourth-order valence-corrected chi connectivity index (χ4v) is 3.45. The monoisotopic (exact) mass is 348 g/mol. The molecule has 0 amide bonds. The van der Waals surface area contributed by atoms with Crippen molar-refractivity contribution < 1.29 is 4.42 Å². The molecule has 0 saturated carbocycles. The van der Waals surface area contributed by atoms with Crippen molar-refractivity contribution in [3.63, 3.8) is 0 Å². The minimum Gasteiger partial charge on any atom is -0.424 e. The van der Waals surface area contributed by atoms with Crippen molar-refractivity contribution in [2.75, 3.05) is 0 Å². The van der Waals surface area contributed by atoms with Gasteiger partial charge in [0.25, 0.3) is 0 Å². The van der Waals surface area contributed by atoms with E-state index in [1.807, 2.05) is 36.4 Å². The van der Waals surface area contributed by atoms with E-state index in [9.17, 15) is 0 Å². The lowest BCUT2D eigenvalue weighted by molar-refractivity contribution is 0.473. The molecule has 0 atom stereocenters. The van der Waals surface area contributed by atoms with Crippen molar-refractivity contribution >= 4 is 22.5 Å². The second-order valence-corrected chi connectivity index (χ2v) is 6.68. The van der Waals surface area contributed by atoms with Gasteiger partial charge in [0.15, 0.2) is 0 Å². The summed E-state index contributed by atoms with van der Waals surface area (Å²) in [7, 11) is 0. The Hall–Kier alpha value is -2.73. The maximum Gasteiger partial charge on any atom is 0.226 e. The molecule has 4 aromatic rings. The number of thioether (sulfide) groups is 1. The third-order valence-electron chi connectivity index (χ3n) is 3.98. The van der Waals surface area contributed by atoms with Gasteiger partial charge in [-0.1, -0.05) is 60.3 Å². The van der Waals surface area contributed by atoms with Crippen LogP contribution in [0.15, 0.2) is 64.2 Å². The molecular weight excluding hydrogens is 332 g/mol. The second-order valence-electron chi connectivity index (χ2n) is 5.72. The first-order valence-electron chi connectivity index (χ1n) is 7.98. The minimum atomic E-state index is 0.573. The van der Waals surface area contributed by atoms with Crippen LogP contribution in [0.1, 0.15) is 22.9 Å². The molecule has 25 heavy (non-hydrogen) atoms. The topological polar surface area (TPSA) is 64.7 Å². The van der Waals surface area contributed by atoms with Crippen LogP contribution in [-0.2, 0) is 12.2 Å². The summed E-state index contributed by atoms with van der Waals surface area (Å²) in [6.07, 6.45) is 2.42. The smallest absolute Gasteiger partial charge is 0.226 e. The van der Waals surface area contributed by atoms with Gasteiger partial charge in [-0.2, -0.15) is 5.10 Å². The number of benzene rings is 2. The normalized spacial score (nSPS) is 11.1. The molecule has 2 aromatic carbocycles. The first kappa shape index (κ1) is 15.8. The van der Waals surface area contributed by atoms with E-state index in [4.69, 9.17) is 4.42 Å². The van der Waals surface area contributed by atoms with E-state index in [2.05, 4.69) is 39.5 Å². The number of aryl methyl sites for hydroxylation is 1. The Kier molecular flexibility index (Phi) is 4.43. The number of fused-ring (bicyclic) bond motifs is 1. The van der Waals surface area contributed by atoms with E-state index >= 15 is 0 Å². The Morgan fingerprint density at radius 1 is 0.920 bits per heavy atom. The first-order valence-corrected chi connectivity index (χ1v) is 8.97. The summed E-state index contributed by atoms with van der Waals surface area (Å²) in [6, 6.07) is 16.3. The maximum atomic E-state index is 5.79. The highest BCUT2D eigenvalue weighted by atomic mass is 32.2. The predicted octanol–water partition coefficient (Wildman–Crippen LogP) is 4.20. The molecule has 0 fully saturated rings. The van der Waals surface area contributed by atoms with E-state index < -0.39 is 0 Å². The molecule has 0 radical (unpaired) electrons. The Bertz CT molecular complexity index is 1010. The maximum absolute atomic E-state index is 5.79.